The Morgan fingerprint density at radius 2 is 1.97 bits per heavy atom. The van der Waals surface area contributed by atoms with Gasteiger partial charge in [0.15, 0.2) is 5.16 Å². The Morgan fingerprint density at radius 3 is 2.61 bits per heavy atom. The monoisotopic (exact) mass is 481 g/mol. The number of thiophene rings is 1. The lowest BCUT2D eigenvalue weighted by atomic mass is 10.2. The molecule has 2 heterocycles. The van der Waals surface area contributed by atoms with Crippen molar-refractivity contribution in [3.63, 3.8) is 0 Å². The van der Waals surface area contributed by atoms with Gasteiger partial charge in [0, 0.05) is 18.8 Å². The van der Waals surface area contributed by atoms with Crippen molar-refractivity contribution in [2.45, 2.75) is 10.1 Å². The third-order valence-corrected chi connectivity index (χ3v) is 6.32. The largest absolute Gasteiger partial charge is 0.423 e. The minimum atomic E-state index is -0.747. The number of nitro groups is 1. The number of nitrogens with zero attached hydrogens (tertiary/aromatic N) is 4. The molecule has 33 heavy (non-hydrogen) atoms. The number of rotatable bonds is 7. The molecule has 0 saturated heterocycles. The van der Waals surface area contributed by atoms with Gasteiger partial charge in [0.2, 0.25) is 0 Å². The Labute approximate surface area is 195 Å². The molecule has 10 nitrogen and oxygen atoms in total. The van der Waals surface area contributed by atoms with E-state index >= 15 is 0 Å². The molecular formula is C21H15N5O5S2. The number of hydrogen-bond donors (Lipinski definition) is 1. The summed E-state index contributed by atoms with van der Waals surface area (Å²) in [5.74, 6) is -0.751. The zero-order valence-electron chi connectivity index (χ0n) is 17.0. The van der Waals surface area contributed by atoms with Crippen LogP contribution < -0.4 is 10.1 Å². The number of esters is 1. The molecule has 0 spiro atoms. The van der Waals surface area contributed by atoms with Gasteiger partial charge in [-0.25, -0.2) is 4.79 Å². The average Bonchev–Trinajstić information content (AvgIpc) is 3.48. The number of nitrogens with one attached hydrogen (secondary N) is 1. The van der Waals surface area contributed by atoms with E-state index < -0.39 is 10.9 Å². The normalized spacial score (nSPS) is 10.6. The van der Waals surface area contributed by atoms with Gasteiger partial charge in [-0.2, -0.15) is 0 Å². The van der Waals surface area contributed by atoms with Crippen LogP contribution in [0.4, 0.5) is 11.4 Å². The van der Waals surface area contributed by atoms with Gasteiger partial charge in [-0.05, 0) is 59.6 Å². The molecule has 2 aromatic carbocycles. The molecular weight excluding hydrogens is 466 g/mol. The number of benzene rings is 2. The summed E-state index contributed by atoms with van der Waals surface area (Å²) in [6, 6.07) is 13.8. The third kappa shape index (κ3) is 5.25. The molecule has 12 heteroatoms. The van der Waals surface area contributed by atoms with E-state index in [1.165, 1.54) is 41.9 Å². The summed E-state index contributed by atoms with van der Waals surface area (Å²) in [6.07, 6.45) is 1.48. The van der Waals surface area contributed by atoms with Crippen LogP contribution in [0.2, 0.25) is 0 Å². The SMILES string of the molecule is Cn1cnnc1Sc1ccc(C(=O)Oc2ccc(NC(=O)c3cccs3)cc2)cc1[N+](=O)[O-]. The van der Waals surface area contributed by atoms with E-state index in [4.69, 9.17) is 4.74 Å². The Hall–Kier alpha value is -4.03. The van der Waals surface area contributed by atoms with E-state index in [2.05, 4.69) is 15.5 Å². The first-order chi connectivity index (χ1) is 15.9. The van der Waals surface area contributed by atoms with Crippen molar-refractivity contribution in [3.8, 4) is 5.75 Å². The van der Waals surface area contributed by atoms with Crippen molar-refractivity contribution in [2.75, 3.05) is 5.32 Å². The fourth-order valence-corrected chi connectivity index (χ4v) is 4.18. The highest BCUT2D eigenvalue weighted by molar-refractivity contribution is 7.99. The third-order valence-electron chi connectivity index (χ3n) is 4.33. The molecule has 166 valence electrons. The summed E-state index contributed by atoms with van der Waals surface area (Å²) < 4.78 is 6.95. The molecule has 0 fully saturated rings. The highest BCUT2D eigenvalue weighted by Gasteiger charge is 2.21. The smallest absolute Gasteiger partial charge is 0.343 e. The summed E-state index contributed by atoms with van der Waals surface area (Å²) >= 11 is 2.39. The predicted molar refractivity (Wildman–Crippen MR) is 122 cm³/mol. The quantitative estimate of drug-likeness (QED) is 0.178. The van der Waals surface area contributed by atoms with Gasteiger partial charge < -0.3 is 14.6 Å². The lowest BCUT2D eigenvalue weighted by molar-refractivity contribution is -0.387. The van der Waals surface area contributed by atoms with E-state index in [1.54, 1.807) is 35.9 Å². The van der Waals surface area contributed by atoms with Gasteiger partial charge in [-0.1, -0.05) is 6.07 Å². The highest BCUT2D eigenvalue weighted by atomic mass is 32.2. The van der Waals surface area contributed by atoms with Crippen LogP contribution in [0.3, 0.4) is 0 Å². The molecule has 2 aromatic heterocycles. The Bertz CT molecular complexity index is 1320. The van der Waals surface area contributed by atoms with Crippen LogP contribution in [0.15, 0.2) is 76.4 Å². The minimum Gasteiger partial charge on any atom is -0.423 e. The number of hydrogen-bond acceptors (Lipinski definition) is 9. The topological polar surface area (TPSA) is 129 Å². The predicted octanol–water partition coefficient (Wildman–Crippen LogP) is 4.41. The van der Waals surface area contributed by atoms with Gasteiger partial charge in [-0.15, -0.1) is 21.5 Å². The van der Waals surface area contributed by atoms with Crippen molar-refractivity contribution in [1.82, 2.24) is 14.8 Å². The van der Waals surface area contributed by atoms with E-state index in [0.29, 0.717) is 20.6 Å². The molecule has 0 aliphatic rings. The lowest BCUT2D eigenvalue weighted by Crippen LogP contribution is -2.11. The van der Waals surface area contributed by atoms with Crippen molar-refractivity contribution in [3.05, 3.63) is 86.9 Å². The van der Waals surface area contributed by atoms with Crippen molar-refractivity contribution >= 4 is 46.3 Å². The summed E-state index contributed by atoms with van der Waals surface area (Å²) in [5.41, 5.74) is 0.317. The molecule has 0 unspecified atom stereocenters. The van der Waals surface area contributed by atoms with E-state index in [0.717, 1.165) is 17.8 Å². The second-order valence-corrected chi connectivity index (χ2v) is 8.57. The molecule has 4 aromatic rings. The van der Waals surface area contributed by atoms with E-state index in [1.807, 2.05) is 5.38 Å². The average molecular weight is 482 g/mol. The van der Waals surface area contributed by atoms with Gasteiger partial charge in [0.25, 0.3) is 11.6 Å². The van der Waals surface area contributed by atoms with Crippen LogP contribution in [0, 0.1) is 10.1 Å². The Morgan fingerprint density at radius 1 is 1.18 bits per heavy atom. The number of carbonyl (C=O) groups is 2. The van der Waals surface area contributed by atoms with Crippen molar-refractivity contribution < 1.29 is 19.2 Å². The summed E-state index contributed by atoms with van der Waals surface area (Å²) in [6.45, 7) is 0. The van der Waals surface area contributed by atoms with Crippen LogP contribution >= 0.6 is 23.1 Å². The number of ether oxygens (including phenoxy) is 1. The molecule has 0 aliphatic heterocycles. The first-order valence-corrected chi connectivity index (χ1v) is 11.1. The summed E-state index contributed by atoms with van der Waals surface area (Å²) in [4.78, 5) is 36.5. The molecule has 0 aliphatic carbocycles. The minimum absolute atomic E-state index is 0.0269. The van der Waals surface area contributed by atoms with E-state index in [-0.39, 0.29) is 22.9 Å². The van der Waals surface area contributed by atoms with Crippen LogP contribution in [-0.4, -0.2) is 31.6 Å². The second-order valence-electron chi connectivity index (χ2n) is 6.61. The Kier molecular flexibility index (Phi) is 6.47. The van der Waals surface area contributed by atoms with Crippen LogP contribution in [0.25, 0.3) is 0 Å². The number of anilines is 1. The zero-order chi connectivity index (χ0) is 23.4. The maximum atomic E-state index is 12.5. The fourth-order valence-electron chi connectivity index (χ4n) is 2.71. The first-order valence-electron chi connectivity index (χ1n) is 9.38. The van der Waals surface area contributed by atoms with Gasteiger partial charge >= 0.3 is 5.97 Å². The molecule has 1 amide bonds. The lowest BCUT2D eigenvalue weighted by Gasteiger charge is -2.08. The standard InChI is InChI=1S/C21H15N5O5S2/c1-25-12-22-24-21(25)33-17-9-4-13(11-16(17)26(29)30)20(28)31-15-7-5-14(6-8-15)23-19(27)18-3-2-10-32-18/h2-12H,1H3,(H,23,27). The van der Waals surface area contributed by atoms with Crippen LogP contribution in [0.1, 0.15) is 20.0 Å². The first kappa shape index (κ1) is 22.2. The van der Waals surface area contributed by atoms with Crippen molar-refractivity contribution in [1.29, 1.82) is 0 Å². The van der Waals surface area contributed by atoms with Gasteiger partial charge in [0.05, 0.1) is 20.3 Å². The molecule has 0 saturated carbocycles. The molecule has 0 bridgehead atoms. The molecule has 0 radical (unpaired) electrons. The number of aromatic nitrogens is 3. The highest BCUT2D eigenvalue weighted by Crippen LogP contribution is 2.34. The number of amides is 1. The Balaban J connectivity index is 1.45. The zero-order valence-corrected chi connectivity index (χ0v) is 18.6. The fraction of sp³-hybridized carbons (Fsp3) is 0.0476. The van der Waals surface area contributed by atoms with Gasteiger partial charge in [0.1, 0.15) is 12.1 Å². The van der Waals surface area contributed by atoms with Crippen LogP contribution in [0.5, 0.6) is 5.75 Å². The number of carbonyl (C=O) groups excluding carboxylic acids is 2. The summed E-state index contributed by atoms with van der Waals surface area (Å²) in [5, 5.41) is 24.2. The number of aryl methyl sites for hydroxylation is 1. The second kappa shape index (κ2) is 9.63. The van der Waals surface area contributed by atoms with E-state index in [9.17, 15) is 19.7 Å². The van der Waals surface area contributed by atoms with Gasteiger partial charge in [-0.3, -0.25) is 14.9 Å². The van der Waals surface area contributed by atoms with Crippen LogP contribution in [-0.2, 0) is 7.05 Å². The maximum absolute atomic E-state index is 12.5. The molecule has 0 atom stereocenters. The maximum Gasteiger partial charge on any atom is 0.343 e. The number of nitro benzene ring substituents is 1. The molecule has 1 N–H and O–H groups in total. The summed E-state index contributed by atoms with van der Waals surface area (Å²) in [7, 11) is 1.72. The van der Waals surface area contributed by atoms with Crippen molar-refractivity contribution in [2.24, 2.45) is 7.05 Å². The molecule has 4 rings (SSSR count).